The van der Waals surface area contributed by atoms with Gasteiger partial charge in [-0.3, -0.25) is 4.79 Å². The van der Waals surface area contributed by atoms with E-state index in [2.05, 4.69) is 65.6 Å². The summed E-state index contributed by atoms with van der Waals surface area (Å²) in [7, 11) is 0. The normalized spacial score (nSPS) is 11.0. The van der Waals surface area contributed by atoms with Gasteiger partial charge in [-0.2, -0.15) is 0 Å². The number of benzene rings is 1. The Labute approximate surface area is 139 Å². The highest BCUT2D eigenvalue weighted by atomic mass is 16.1. The monoisotopic (exact) mass is 316 g/mol. The summed E-state index contributed by atoms with van der Waals surface area (Å²) >= 11 is 0. The number of guanidine groups is 1. The van der Waals surface area contributed by atoms with Crippen molar-refractivity contribution in [1.82, 2.24) is 16.0 Å². The second-order valence-corrected chi connectivity index (χ2v) is 5.38. The minimum atomic E-state index is -0.0785. The second kappa shape index (κ2) is 11.3. The average molecular weight is 316 g/mol. The number of unbranched alkanes of at least 4 members (excludes halogenated alkanes) is 1. The van der Waals surface area contributed by atoms with Crippen molar-refractivity contribution in [3.63, 3.8) is 0 Å². The quantitative estimate of drug-likeness (QED) is 0.283. The van der Waals surface area contributed by atoms with Crippen LogP contribution in [0.4, 0.5) is 0 Å². The third-order valence-electron chi connectivity index (χ3n) is 3.22. The SMILES string of the molecule is C=CCNC(=O)CNC(=NCc1ccc(C)cc1)NCCCC. The molecule has 1 aromatic rings. The van der Waals surface area contributed by atoms with E-state index in [4.69, 9.17) is 0 Å². The molecule has 5 heteroatoms. The maximum Gasteiger partial charge on any atom is 0.239 e. The fourth-order valence-electron chi connectivity index (χ4n) is 1.83. The molecule has 0 aromatic heterocycles. The minimum Gasteiger partial charge on any atom is -0.356 e. The molecule has 0 fully saturated rings. The molecule has 126 valence electrons. The van der Waals surface area contributed by atoms with E-state index >= 15 is 0 Å². The highest BCUT2D eigenvalue weighted by molar-refractivity contribution is 5.86. The van der Waals surface area contributed by atoms with Gasteiger partial charge in [-0.1, -0.05) is 49.2 Å². The lowest BCUT2D eigenvalue weighted by Gasteiger charge is -2.12. The maximum atomic E-state index is 11.6. The van der Waals surface area contributed by atoms with Crippen LogP contribution < -0.4 is 16.0 Å². The number of hydrogen-bond acceptors (Lipinski definition) is 2. The highest BCUT2D eigenvalue weighted by Crippen LogP contribution is 2.04. The first-order valence-corrected chi connectivity index (χ1v) is 8.11. The molecule has 5 nitrogen and oxygen atoms in total. The molecule has 1 amide bonds. The molecule has 3 N–H and O–H groups in total. The molecule has 23 heavy (non-hydrogen) atoms. The summed E-state index contributed by atoms with van der Waals surface area (Å²) in [5, 5.41) is 9.05. The number of rotatable bonds is 9. The molecule has 0 unspecified atom stereocenters. The zero-order chi connectivity index (χ0) is 16.9. The van der Waals surface area contributed by atoms with Gasteiger partial charge in [0.15, 0.2) is 5.96 Å². The fraction of sp³-hybridized carbons (Fsp3) is 0.444. The van der Waals surface area contributed by atoms with Gasteiger partial charge in [-0.05, 0) is 18.9 Å². The number of nitrogens with zero attached hydrogens (tertiary/aromatic N) is 1. The molecule has 0 saturated carbocycles. The van der Waals surface area contributed by atoms with Gasteiger partial charge in [-0.25, -0.2) is 4.99 Å². The Hall–Kier alpha value is -2.30. The Balaban J connectivity index is 2.55. The minimum absolute atomic E-state index is 0.0785. The summed E-state index contributed by atoms with van der Waals surface area (Å²) in [5.41, 5.74) is 2.37. The molecule has 0 aliphatic heterocycles. The predicted molar refractivity (Wildman–Crippen MR) is 96.4 cm³/mol. The van der Waals surface area contributed by atoms with Gasteiger partial charge in [0.25, 0.3) is 0 Å². The van der Waals surface area contributed by atoms with E-state index in [9.17, 15) is 4.79 Å². The van der Waals surface area contributed by atoms with Gasteiger partial charge in [0, 0.05) is 13.1 Å². The van der Waals surface area contributed by atoms with Crippen LogP contribution in [0.5, 0.6) is 0 Å². The number of hydrogen-bond donors (Lipinski definition) is 3. The molecule has 0 heterocycles. The van der Waals surface area contributed by atoms with Crippen molar-refractivity contribution < 1.29 is 4.79 Å². The van der Waals surface area contributed by atoms with Crippen molar-refractivity contribution in [1.29, 1.82) is 0 Å². The first-order chi connectivity index (χ1) is 11.2. The van der Waals surface area contributed by atoms with Gasteiger partial charge in [0.2, 0.25) is 5.91 Å². The van der Waals surface area contributed by atoms with E-state index in [0.29, 0.717) is 19.0 Å². The number of carbonyl (C=O) groups excluding carboxylic acids is 1. The molecule has 1 rings (SSSR count). The Morgan fingerprint density at radius 3 is 2.61 bits per heavy atom. The van der Waals surface area contributed by atoms with Crippen LogP contribution in [-0.2, 0) is 11.3 Å². The highest BCUT2D eigenvalue weighted by Gasteiger charge is 2.03. The second-order valence-electron chi connectivity index (χ2n) is 5.38. The number of amides is 1. The topological polar surface area (TPSA) is 65.5 Å². The van der Waals surface area contributed by atoms with Crippen LogP contribution in [0.3, 0.4) is 0 Å². The molecular formula is C18H28N4O. The average Bonchev–Trinajstić information content (AvgIpc) is 2.56. The largest absolute Gasteiger partial charge is 0.356 e. The zero-order valence-corrected chi connectivity index (χ0v) is 14.2. The molecule has 0 radical (unpaired) electrons. The lowest BCUT2D eigenvalue weighted by atomic mass is 10.1. The van der Waals surface area contributed by atoms with E-state index in [-0.39, 0.29) is 12.5 Å². The van der Waals surface area contributed by atoms with E-state index in [0.717, 1.165) is 24.9 Å². The summed E-state index contributed by atoms with van der Waals surface area (Å²) in [6.45, 7) is 9.86. The van der Waals surface area contributed by atoms with Crippen molar-refractivity contribution >= 4 is 11.9 Å². The first kappa shape index (κ1) is 18.7. The van der Waals surface area contributed by atoms with E-state index in [1.165, 1.54) is 5.56 Å². The van der Waals surface area contributed by atoms with Crippen molar-refractivity contribution in [2.45, 2.75) is 33.2 Å². The van der Waals surface area contributed by atoms with Gasteiger partial charge in [0.1, 0.15) is 0 Å². The van der Waals surface area contributed by atoms with Crippen LogP contribution in [0.25, 0.3) is 0 Å². The Kier molecular flexibility index (Phi) is 9.20. The molecule has 0 aliphatic carbocycles. The first-order valence-electron chi connectivity index (χ1n) is 8.11. The Bertz CT molecular complexity index is 508. The molecule has 0 saturated heterocycles. The van der Waals surface area contributed by atoms with Gasteiger partial charge >= 0.3 is 0 Å². The van der Waals surface area contributed by atoms with Crippen molar-refractivity contribution in [3.05, 3.63) is 48.0 Å². The number of aryl methyl sites for hydroxylation is 1. The fourth-order valence-corrected chi connectivity index (χ4v) is 1.83. The number of carbonyl (C=O) groups is 1. The van der Waals surface area contributed by atoms with Crippen molar-refractivity contribution in [2.24, 2.45) is 4.99 Å². The maximum absolute atomic E-state index is 11.6. The predicted octanol–water partition coefficient (Wildman–Crippen LogP) is 2.13. The summed E-state index contributed by atoms with van der Waals surface area (Å²) in [5.74, 6) is 0.581. The van der Waals surface area contributed by atoms with Gasteiger partial charge in [0.05, 0.1) is 13.1 Å². The Morgan fingerprint density at radius 2 is 1.96 bits per heavy atom. The third kappa shape index (κ3) is 8.66. The summed E-state index contributed by atoms with van der Waals surface area (Å²) < 4.78 is 0. The number of nitrogens with one attached hydrogen (secondary N) is 3. The van der Waals surface area contributed by atoms with Crippen LogP contribution in [0.15, 0.2) is 41.9 Å². The van der Waals surface area contributed by atoms with Crippen LogP contribution in [0.2, 0.25) is 0 Å². The van der Waals surface area contributed by atoms with Gasteiger partial charge < -0.3 is 16.0 Å². The van der Waals surface area contributed by atoms with E-state index in [1.54, 1.807) is 6.08 Å². The lowest BCUT2D eigenvalue weighted by molar-refractivity contribution is -0.119. The molecule has 0 atom stereocenters. The van der Waals surface area contributed by atoms with E-state index in [1.807, 2.05) is 0 Å². The molecular weight excluding hydrogens is 288 g/mol. The van der Waals surface area contributed by atoms with E-state index < -0.39 is 0 Å². The molecule has 1 aromatic carbocycles. The smallest absolute Gasteiger partial charge is 0.239 e. The van der Waals surface area contributed by atoms with Crippen LogP contribution in [-0.4, -0.2) is 31.5 Å². The Morgan fingerprint density at radius 1 is 1.22 bits per heavy atom. The van der Waals surface area contributed by atoms with Gasteiger partial charge in [-0.15, -0.1) is 6.58 Å². The van der Waals surface area contributed by atoms with Crippen molar-refractivity contribution in [3.8, 4) is 0 Å². The van der Waals surface area contributed by atoms with Crippen LogP contribution in [0.1, 0.15) is 30.9 Å². The third-order valence-corrected chi connectivity index (χ3v) is 3.22. The van der Waals surface area contributed by atoms with Crippen LogP contribution >= 0.6 is 0 Å². The molecule has 0 aliphatic rings. The zero-order valence-electron chi connectivity index (χ0n) is 14.2. The summed E-state index contributed by atoms with van der Waals surface area (Å²) in [4.78, 5) is 16.2. The summed E-state index contributed by atoms with van der Waals surface area (Å²) in [6.07, 6.45) is 3.83. The molecule has 0 spiro atoms. The molecule has 0 bridgehead atoms. The standard InChI is InChI=1S/C18H28N4O/c1-4-6-12-20-18(22-14-17(23)19-11-5-2)21-13-16-9-7-15(3)8-10-16/h5,7-10H,2,4,6,11-14H2,1,3H3,(H,19,23)(H2,20,21,22). The van der Waals surface area contributed by atoms with Crippen molar-refractivity contribution in [2.75, 3.05) is 19.6 Å². The van der Waals surface area contributed by atoms with Crippen LogP contribution in [0, 0.1) is 6.92 Å². The summed E-state index contributed by atoms with van der Waals surface area (Å²) in [6, 6.07) is 8.29. The lowest BCUT2D eigenvalue weighted by Crippen LogP contribution is -2.43. The number of aliphatic imine (C=N–C) groups is 1.